The maximum atomic E-state index is 9.30. The van der Waals surface area contributed by atoms with Gasteiger partial charge in [0.05, 0.1) is 18.3 Å². The second-order valence-electron chi connectivity index (χ2n) is 4.99. The highest BCUT2D eigenvalue weighted by Gasteiger charge is 2.27. The minimum atomic E-state index is 0.131. The zero-order chi connectivity index (χ0) is 13.4. The van der Waals surface area contributed by atoms with Gasteiger partial charge in [-0.2, -0.15) is 5.26 Å². The van der Waals surface area contributed by atoms with Gasteiger partial charge in [-0.1, -0.05) is 26.1 Å². The smallest absolute Gasteiger partial charge is 0.122 e. The Morgan fingerprint density at radius 3 is 2.72 bits per heavy atom. The number of ether oxygens (including phenoxy) is 1. The van der Waals surface area contributed by atoms with Crippen LogP contribution in [0.1, 0.15) is 30.5 Å². The van der Waals surface area contributed by atoms with Crippen molar-refractivity contribution in [2.75, 3.05) is 5.73 Å². The number of fused-ring (bicyclic) bond motifs is 1. The van der Waals surface area contributed by atoms with Gasteiger partial charge in [0.1, 0.15) is 16.5 Å². The Hall–Kier alpha value is -1.38. The van der Waals surface area contributed by atoms with Crippen LogP contribution in [-0.4, -0.2) is 10.7 Å². The van der Waals surface area contributed by atoms with Gasteiger partial charge in [0, 0.05) is 19.0 Å². The summed E-state index contributed by atoms with van der Waals surface area (Å²) in [5.41, 5.74) is 8.44. The SMILES string of the molecule is CC(C)[C@H]1Cc2c(C#N)c(N)n(C)c(=S)c2CO1. The fourth-order valence-electron chi connectivity index (χ4n) is 2.29. The van der Waals surface area contributed by atoms with Gasteiger partial charge in [-0.05, 0) is 11.5 Å². The Balaban J connectivity index is 2.63. The van der Waals surface area contributed by atoms with E-state index in [2.05, 4.69) is 19.9 Å². The molecule has 0 radical (unpaired) electrons. The molecule has 4 nitrogen and oxygen atoms in total. The Kier molecular flexibility index (Phi) is 3.42. The number of rotatable bonds is 1. The van der Waals surface area contributed by atoms with Crippen molar-refractivity contribution in [3.63, 3.8) is 0 Å². The standard InChI is InChI=1S/C13H17N3OS/c1-7(2)11-4-8-9(5-14)12(15)16(3)13(18)10(8)6-17-11/h7,11H,4,6,15H2,1-3H3/t11-/m1/s1. The number of anilines is 1. The monoisotopic (exact) mass is 263 g/mol. The Morgan fingerprint density at radius 1 is 1.50 bits per heavy atom. The van der Waals surface area contributed by atoms with Gasteiger partial charge in [0.25, 0.3) is 0 Å². The van der Waals surface area contributed by atoms with E-state index in [0.717, 1.165) is 11.1 Å². The van der Waals surface area contributed by atoms with Crippen LogP contribution < -0.4 is 5.73 Å². The maximum Gasteiger partial charge on any atom is 0.122 e. The molecule has 0 spiro atoms. The first kappa shape index (κ1) is 13.1. The lowest BCUT2D eigenvalue weighted by atomic mass is 9.91. The van der Waals surface area contributed by atoms with E-state index in [9.17, 15) is 5.26 Å². The van der Waals surface area contributed by atoms with Crippen LogP contribution in [-0.2, 0) is 24.8 Å². The summed E-state index contributed by atoms with van der Waals surface area (Å²) in [7, 11) is 1.79. The molecule has 1 aromatic heterocycles. The van der Waals surface area contributed by atoms with Crippen molar-refractivity contribution in [1.29, 1.82) is 5.26 Å². The van der Waals surface area contributed by atoms with Crippen molar-refractivity contribution in [3.05, 3.63) is 21.3 Å². The predicted molar refractivity (Wildman–Crippen MR) is 72.5 cm³/mol. The molecule has 0 fully saturated rings. The summed E-state index contributed by atoms with van der Waals surface area (Å²) < 4.78 is 8.17. The molecule has 2 N–H and O–H groups in total. The van der Waals surface area contributed by atoms with Crippen LogP contribution in [0, 0.1) is 21.9 Å². The van der Waals surface area contributed by atoms with E-state index in [-0.39, 0.29) is 6.10 Å². The van der Waals surface area contributed by atoms with E-state index in [0.29, 0.717) is 35.0 Å². The zero-order valence-electron chi connectivity index (χ0n) is 10.9. The molecule has 2 heterocycles. The number of pyridine rings is 1. The molecule has 0 saturated carbocycles. The van der Waals surface area contributed by atoms with Crippen LogP contribution in [0.4, 0.5) is 5.82 Å². The molecule has 1 aromatic rings. The molecule has 0 saturated heterocycles. The normalized spacial score (nSPS) is 18.5. The topological polar surface area (TPSA) is 64.0 Å². The predicted octanol–water partition coefficient (Wildman–Crippen LogP) is 2.31. The van der Waals surface area contributed by atoms with Gasteiger partial charge in [-0.25, -0.2) is 0 Å². The van der Waals surface area contributed by atoms with Gasteiger partial charge in [0.2, 0.25) is 0 Å². The summed E-state index contributed by atoms with van der Waals surface area (Å²) >= 11 is 5.37. The van der Waals surface area contributed by atoms with Crippen LogP contribution >= 0.6 is 12.2 Å². The molecular weight excluding hydrogens is 246 g/mol. The molecule has 2 rings (SSSR count). The summed E-state index contributed by atoms with van der Waals surface area (Å²) in [5.74, 6) is 0.860. The Morgan fingerprint density at radius 2 is 2.17 bits per heavy atom. The number of nitrogens with zero attached hydrogens (tertiary/aromatic N) is 2. The van der Waals surface area contributed by atoms with Crippen molar-refractivity contribution in [1.82, 2.24) is 4.57 Å². The van der Waals surface area contributed by atoms with Gasteiger partial charge >= 0.3 is 0 Å². The van der Waals surface area contributed by atoms with E-state index in [1.807, 2.05) is 0 Å². The molecule has 0 aliphatic carbocycles. The largest absolute Gasteiger partial charge is 0.384 e. The molecule has 96 valence electrons. The van der Waals surface area contributed by atoms with E-state index in [1.54, 1.807) is 11.6 Å². The molecule has 0 bridgehead atoms. The van der Waals surface area contributed by atoms with E-state index in [4.69, 9.17) is 22.7 Å². The van der Waals surface area contributed by atoms with Crippen LogP contribution in [0.15, 0.2) is 0 Å². The highest BCUT2D eigenvalue weighted by molar-refractivity contribution is 7.71. The Bertz CT molecular complexity index is 583. The average molecular weight is 263 g/mol. The third kappa shape index (κ3) is 1.92. The molecular formula is C13H17N3OS. The molecule has 1 aliphatic heterocycles. The third-order valence-electron chi connectivity index (χ3n) is 3.55. The minimum absolute atomic E-state index is 0.131. The van der Waals surface area contributed by atoms with Gasteiger partial charge in [-0.15, -0.1) is 0 Å². The van der Waals surface area contributed by atoms with Crippen molar-refractivity contribution >= 4 is 18.0 Å². The quantitative estimate of drug-likeness (QED) is 0.790. The maximum absolute atomic E-state index is 9.30. The lowest BCUT2D eigenvalue weighted by molar-refractivity contribution is -0.000915. The second-order valence-corrected chi connectivity index (χ2v) is 5.38. The number of nitrogen functional groups attached to an aromatic ring is 1. The fourth-order valence-corrected chi connectivity index (χ4v) is 2.57. The van der Waals surface area contributed by atoms with Crippen LogP contribution in [0.3, 0.4) is 0 Å². The van der Waals surface area contributed by atoms with Crippen molar-refractivity contribution < 1.29 is 4.74 Å². The van der Waals surface area contributed by atoms with Crippen molar-refractivity contribution in [2.45, 2.75) is 33.0 Å². The first-order valence-electron chi connectivity index (χ1n) is 5.99. The molecule has 1 aliphatic rings. The van der Waals surface area contributed by atoms with Gasteiger partial charge < -0.3 is 15.0 Å². The van der Waals surface area contributed by atoms with E-state index >= 15 is 0 Å². The van der Waals surface area contributed by atoms with E-state index < -0.39 is 0 Å². The minimum Gasteiger partial charge on any atom is -0.384 e. The van der Waals surface area contributed by atoms with Gasteiger partial charge in [0.15, 0.2) is 0 Å². The molecule has 18 heavy (non-hydrogen) atoms. The number of nitriles is 1. The van der Waals surface area contributed by atoms with Crippen LogP contribution in [0.5, 0.6) is 0 Å². The second kappa shape index (κ2) is 4.71. The summed E-state index contributed by atoms with van der Waals surface area (Å²) in [6.07, 6.45) is 0.844. The lowest BCUT2D eigenvalue weighted by Gasteiger charge is -2.29. The lowest BCUT2D eigenvalue weighted by Crippen LogP contribution is -2.29. The zero-order valence-corrected chi connectivity index (χ0v) is 11.7. The highest BCUT2D eigenvalue weighted by atomic mass is 32.1. The molecule has 0 unspecified atom stereocenters. The summed E-state index contributed by atoms with van der Waals surface area (Å²) in [6, 6.07) is 2.20. The first-order chi connectivity index (χ1) is 8.47. The van der Waals surface area contributed by atoms with Crippen molar-refractivity contribution in [2.24, 2.45) is 13.0 Å². The fraction of sp³-hybridized carbons (Fsp3) is 0.538. The summed E-state index contributed by atoms with van der Waals surface area (Å²) in [4.78, 5) is 0. The first-order valence-corrected chi connectivity index (χ1v) is 6.40. The van der Waals surface area contributed by atoms with Crippen molar-refractivity contribution in [3.8, 4) is 6.07 Å². The number of nitrogens with two attached hydrogens (primary N) is 1. The van der Waals surface area contributed by atoms with E-state index in [1.165, 1.54) is 0 Å². The number of hydrogen-bond acceptors (Lipinski definition) is 4. The molecule has 0 amide bonds. The highest BCUT2D eigenvalue weighted by Crippen LogP contribution is 2.30. The molecule has 5 heteroatoms. The van der Waals surface area contributed by atoms with Gasteiger partial charge in [-0.3, -0.25) is 0 Å². The molecule has 0 aromatic carbocycles. The number of aromatic nitrogens is 1. The average Bonchev–Trinajstić information content (AvgIpc) is 2.36. The summed E-state index contributed by atoms with van der Waals surface area (Å²) in [5, 5.41) is 9.30. The summed E-state index contributed by atoms with van der Waals surface area (Å²) in [6.45, 7) is 4.70. The molecule has 1 atom stereocenters. The van der Waals surface area contributed by atoms with Crippen LogP contribution in [0.2, 0.25) is 0 Å². The van der Waals surface area contributed by atoms with Crippen LogP contribution in [0.25, 0.3) is 0 Å². The Labute approximate surface area is 112 Å². The third-order valence-corrected chi connectivity index (χ3v) is 4.07. The number of hydrogen-bond donors (Lipinski definition) is 1.